The predicted molar refractivity (Wildman–Crippen MR) is 81.1 cm³/mol. The van der Waals surface area contributed by atoms with Crippen molar-refractivity contribution >= 4 is 17.2 Å². The number of aromatic nitrogens is 3. The Morgan fingerprint density at radius 2 is 2.00 bits per heavy atom. The molecule has 0 bridgehead atoms. The van der Waals surface area contributed by atoms with Crippen molar-refractivity contribution in [3.63, 3.8) is 0 Å². The van der Waals surface area contributed by atoms with Crippen molar-refractivity contribution in [1.82, 2.24) is 14.2 Å². The predicted octanol–water partition coefficient (Wildman–Crippen LogP) is 1.14. The molecule has 0 aliphatic heterocycles. The van der Waals surface area contributed by atoms with Gasteiger partial charge in [-0.3, -0.25) is 9.20 Å². The van der Waals surface area contributed by atoms with E-state index in [9.17, 15) is 9.59 Å². The first-order valence-corrected chi connectivity index (χ1v) is 6.66. The lowest BCUT2D eigenvalue weighted by Crippen LogP contribution is -2.28. The van der Waals surface area contributed by atoms with Gasteiger partial charge in [0.15, 0.2) is 5.65 Å². The normalized spacial score (nSPS) is 10.6. The molecule has 3 rings (SSSR count). The van der Waals surface area contributed by atoms with Gasteiger partial charge in [-0.15, -0.1) is 5.10 Å². The summed E-state index contributed by atoms with van der Waals surface area (Å²) in [6.07, 6.45) is 1.61. The van der Waals surface area contributed by atoms with Gasteiger partial charge in [0.1, 0.15) is 12.3 Å². The summed E-state index contributed by atoms with van der Waals surface area (Å²) in [5.74, 6) is 0.202. The number of carbonyl (C=O) groups is 1. The molecule has 112 valence electrons. The van der Waals surface area contributed by atoms with Crippen LogP contribution in [0.1, 0.15) is 0 Å². The van der Waals surface area contributed by atoms with E-state index < -0.39 is 0 Å². The van der Waals surface area contributed by atoms with Crippen LogP contribution in [0.3, 0.4) is 0 Å². The van der Waals surface area contributed by atoms with E-state index in [0.717, 1.165) is 4.68 Å². The van der Waals surface area contributed by atoms with Crippen LogP contribution in [0.5, 0.6) is 5.75 Å². The third kappa shape index (κ3) is 2.56. The van der Waals surface area contributed by atoms with E-state index >= 15 is 0 Å². The molecule has 3 aromatic rings. The number of ether oxygens (including phenoxy) is 1. The molecule has 0 atom stereocenters. The summed E-state index contributed by atoms with van der Waals surface area (Å²) in [4.78, 5) is 24.2. The van der Waals surface area contributed by atoms with Gasteiger partial charge < -0.3 is 10.1 Å². The van der Waals surface area contributed by atoms with Crippen LogP contribution in [0.25, 0.3) is 5.65 Å². The first-order valence-electron chi connectivity index (χ1n) is 6.66. The Labute approximate surface area is 125 Å². The molecule has 0 saturated carbocycles. The summed E-state index contributed by atoms with van der Waals surface area (Å²) in [6.45, 7) is -0.168. The first-order chi connectivity index (χ1) is 10.7. The minimum Gasteiger partial charge on any atom is -0.495 e. The van der Waals surface area contributed by atoms with Gasteiger partial charge in [-0.1, -0.05) is 18.2 Å². The van der Waals surface area contributed by atoms with Gasteiger partial charge in [-0.05, 0) is 24.3 Å². The molecule has 0 aliphatic rings. The molecular weight excluding hydrogens is 284 g/mol. The number of amides is 1. The second kappa shape index (κ2) is 5.72. The zero-order valence-electron chi connectivity index (χ0n) is 11.9. The summed E-state index contributed by atoms with van der Waals surface area (Å²) >= 11 is 0. The van der Waals surface area contributed by atoms with Gasteiger partial charge in [0, 0.05) is 6.20 Å². The molecule has 2 aromatic heterocycles. The van der Waals surface area contributed by atoms with E-state index in [1.54, 1.807) is 48.7 Å². The molecule has 7 nitrogen and oxygen atoms in total. The van der Waals surface area contributed by atoms with Crippen LogP contribution in [-0.4, -0.2) is 27.2 Å². The van der Waals surface area contributed by atoms with E-state index in [2.05, 4.69) is 10.4 Å². The molecule has 2 heterocycles. The highest BCUT2D eigenvalue weighted by Crippen LogP contribution is 2.22. The van der Waals surface area contributed by atoms with Crippen LogP contribution < -0.4 is 15.7 Å². The number of nitrogens with zero attached hydrogens (tertiary/aromatic N) is 3. The van der Waals surface area contributed by atoms with Crippen molar-refractivity contribution in [3.8, 4) is 5.75 Å². The molecular formula is C15H14N4O3. The number of nitrogens with one attached hydrogen (secondary N) is 1. The summed E-state index contributed by atoms with van der Waals surface area (Å²) in [5.41, 5.74) is 0.690. The number of hydrogen-bond donors (Lipinski definition) is 1. The molecule has 0 unspecified atom stereocenters. The smallest absolute Gasteiger partial charge is 0.350 e. The van der Waals surface area contributed by atoms with Crippen LogP contribution >= 0.6 is 0 Å². The molecule has 7 heteroatoms. The molecule has 0 aliphatic carbocycles. The maximum absolute atomic E-state index is 12.1. The minimum atomic E-state index is -0.356. The fraction of sp³-hybridized carbons (Fsp3) is 0.133. The zero-order valence-corrected chi connectivity index (χ0v) is 11.9. The Bertz CT molecular complexity index is 882. The summed E-state index contributed by atoms with van der Waals surface area (Å²) in [6, 6.07) is 12.3. The van der Waals surface area contributed by atoms with Crippen LogP contribution in [0.2, 0.25) is 0 Å². The molecule has 0 spiro atoms. The van der Waals surface area contributed by atoms with Crippen molar-refractivity contribution in [2.24, 2.45) is 0 Å². The second-order valence-electron chi connectivity index (χ2n) is 4.62. The number of benzene rings is 1. The monoisotopic (exact) mass is 298 g/mol. The highest BCUT2D eigenvalue weighted by Gasteiger charge is 2.12. The third-order valence-electron chi connectivity index (χ3n) is 3.16. The van der Waals surface area contributed by atoms with Gasteiger partial charge in [0.2, 0.25) is 5.91 Å². The highest BCUT2D eigenvalue weighted by atomic mass is 16.5. The van der Waals surface area contributed by atoms with Crippen LogP contribution in [0.4, 0.5) is 5.69 Å². The molecule has 1 N–H and O–H groups in total. The van der Waals surface area contributed by atoms with Crippen molar-refractivity contribution in [2.45, 2.75) is 6.54 Å². The number of hydrogen-bond acceptors (Lipinski definition) is 4. The second-order valence-corrected chi connectivity index (χ2v) is 4.62. The average Bonchev–Trinajstić information content (AvgIpc) is 2.84. The number of para-hydroxylation sites is 2. The molecule has 1 aromatic carbocycles. The third-order valence-corrected chi connectivity index (χ3v) is 3.16. The van der Waals surface area contributed by atoms with E-state index in [1.165, 1.54) is 11.5 Å². The maximum atomic E-state index is 12.1. The van der Waals surface area contributed by atoms with E-state index in [1.807, 2.05) is 0 Å². The SMILES string of the molecule is COc1ccccc1NC(=O)Cn1nc2ccccn2c1=O. The molecule has 1 amide bonds. The molecule has 0 fully saturated rings. The quantitative estimate of drug-likeness (QED) is 0.783. The van der Waals surface area contributed by atoms with Crippen molar-refractivity contribution in [1.29, 1.82) is 0 Å². The average molecular weight is 298 g/mol. The van der Waals surface area contributed by atoms with Crippen molar-refractivity contribution in [2.75, 3.05) is 12.4 Å². The topological polar surface area (TPSA) is 77.6 Å². The number of pyridine rings is 1. The fourth-order valence-electron chi connectivity index (χ4n) is 2.14. The Balaban J connectivity index is 1.81. The highest BCUT2D eigenvalue weighted by molar-refractivity contribution is 5.92. The zero-order chi connectivity index (χ0) is 15.5. The summed E-state index contributed by atoms with van der Waals surface area (Å²) in [7, 11) is 1.53. The Morgan fingerprint density at radius 3 is 2.77 bits per heavy atom. The van der Waals surface area contributed by atoms with Crippen molar-refractivity contribution < 1.29 is 9.53 Å². The Morgan fingerprint density at radius 1 is 1.23 bits per heavy atom. The molecule has 0 saturated heterocycles. The Hall–Kier alpha value is -3.09. The van der Waals surface area contributed by atoms with Crippen LogP contribution in [0.15, 0.2) is 53.5 Å². The van der Waals surface area contributed by atoms with E-state index in [-0.39, 0.29) is 18.1 Å². The fourth-order valence-corrected chi connectivity index (χ4v) is 2.14. The first kappa shape index (κ1) is 13.9. The number of carbonyl (C=O) groups excluding carboxylic acids is 1. The summed E-state index contributed by atoms with van der Waals surface area (Å²) in [5, 5.41) is 6.82. The maximum Gasteiger partial charge on any atom is 0.350 e. The van der Waals surface area contributed by atoms with Gasteiger partial charge >= 0.3 is 5.69 Å². The van der Waals surface area contributed by atoms with Gasteiger partial charge in [0.05, 0.1) is 12.8 Å². The van der Waals surface area contributed by atoms with Crippen LogP contribution in [-0.2, 0) is 11.3 Å². The Kier molecular flexibility index (Phi) is 3.61. The lowest BCUT2D eigenvalue weighted by atomic mass is 10.3. The van der Waals surface area contributed by atoms with E-state index in [4.69, 9.17) is 4.74 Å². The van der Waals surface area contributed by atoms with Gasteiger partial charge in [-0.25, -0.2) is 9.48 Å². The standard InChI is InChI=1S/C15H14N4O3/c1-22-12-7-3-2-6-11(12)16-14(20)10-19-15(21)18-9-5-4-8-13(18)17-19/h2-9H,10H2,1H3,(H,16,20). The number of rotatable bonds is 4. The van der Waals surface area contributed by atoms with Crippen LogP contribution in [0, 0.1) is 0 Å². The van der Waals surface area contributed by atoms with Gasteiger partial charge in [0.25, 0.3) is 0 Å². The number of fused-ring (bicyclic) bond motifs is 1. The number of methoxy groups -OCH3 is 1. The minimum absolute atomic E-state index is 0.168. The molecule has 0 radical (unpaired) electrons. The molecule has 22 heavy (non-hydrogen) atoms. The van der Waals surface area contributed by atoms with Gasteiger partial charge in [-0.2, -0.15) is 0 Å². The number of anilines is 1. The van der Waals surface area contributed by atoms with Crippen molar-refractivity contribution in [3.05, 3.63) is 59.1 Å². The largest absolute Gasteiger partial charge is 0.495 e. The van der Waals surface area contributed by atoms with E-state index in [0.29, 0.717) is 17.1 Å². The lowest BCUT2D eigenvalue weighted by Gasteiger charge is -2.09. The lowest BCUT2D eigenvalue weighted by molar-refractivity contribution is -0.117. The summed E-state index contributed by atoms with van der Waals surface area (Å²) < 4.78 is 7.68.